The maximum Gasteiger partial charge on any atom is 0.357 e. The molecule has 1 aromatic rings. The number of aromatic hydroxyl groups is 1. The van der Waals surface area contributed by atoms with Crippen LogP contribution in [0, 0.1) is 0 Å². The molecule has 0 heterocycles. The highest BCUT2D eigenvalue weighted by atomic mass is 32.2. The van der Waals surface area contributed by atoms with Crippen LogP contribution < -0.4 is 0 Å². The number of hydrogen-bond donors (Lipinski definition) is 2. The van der Waals surface area contributed by atoms with Crippen molar-refractivity contribution in [2.75, 3.05) is 0 Å². The summed E-state index contributed by atoms with van der Waals surface area (Å²) in [6, 6.07) is 5.50. The Hall–Kier alpha value is -1.56. The summed E-state index contributed by atoms with van der Waals surface area (Å²) in [5.74, 6) is -1.40. The highest BCUT2D eigenvalue weighted by molar-refractivity contribution is 7.67. The zero-order valence-electron chi connectivity index (χ0n) is 6.34. The van der Waals surface area contributed by atoms with E-state index in [2.05, 4.69) is 4.18 Å². The number of thiol groups is 1. The number of hydrogen-bond acceptors (Lipinski definition) is 5. The van der Waals surface area contributed by atoms with E-state index in [1.807, 2.05) is 0 Å². The van der Waals surface area contributed by atoms with Crippen LogP contribution in [-0.2, 0) is 15.2 Å². The molecule has 0 amide bonds. The highest BCUT2D eigenvalue weighted by Gasteiger charge is 2.11. The fraction of sp³-hybridized carbons (Fsp3) is 0. The Labute approximate surface area is 75.7 Å². The Kier molecular flexibility index (Phi) is 2.86. The van der Waals surface area contributed by atoms with Gasteiger partial charge in [0.2, 0.25) is 0 Å². The Morgan fingerprint density at radius 2 is 1.92 bits per heavy atom. The highest BCUT2D eigenvalue weighted by Crippen LogP contribution is 2.16. The SMILES string of the molecule is O=C(O[SH](=O)=O)c1ccccc1O. The minimum Gasteiger partial charge on any atom is -0.507 e. The van der Waals surface area contributed by atoms with Crippen molar-refractivity contribution in [1.29, 1.82) is 0 Å². The number of rotatable bonds is 2. The number of benzene rings is 1. The minimum absolute atomic E-state index is 0.179. The lowest BCUT2D eigenvalue weighted by Crippen LogP contribution is -2.03. The van der Waals surface area contributed by atoms with E-state index in [9.17, 15) is 13.2 Å². The van der Waals surface area contributed by atoms with Crippen molar-refractivity contribution in [3.8, 4) is 5.75 Å². The van der Waals surface area contributed by atoms with Crippen molar-refractivity contribution in [2.45, 2.75) is 0 Å². The van der Waals surface area contributed by atoms with Crippen molar-refractivity contribution in [3.63, 3.8) is 0 Å². The van der Waals surface area contributed by atoms with Gasteiger partial charge in [-0.15, -0.1) is 0 Å². The van der Waals surface area contributed by atoms with E-state index < -0.39 is 17.0 Å². The second kappa shape index (κ2) is 3.90. The largest absolute Gasteiger partial charge is 0.507 e. The van der Waals surface area contributed by atoms with E-state index in [0.717, 1.165) is 0 Å². The molecule has 1 aromatic carbocycles. The van der Waals surface area contributed by atoms with E-state index in [1.165, 1.54) is 24.3 Å². The van der Waals surface area contributed by atoms with Crippen molar-refractivity contribution in [2.24, 2.45) is 0 Å². The van der Waals surface area contributed by atoms with E-state index in [1.54, 1.807) is 0 Å². The first-order valence-electron chi connectivity index (χ1n) is 3.26. The first-order chi connectivity index (χ1) is 6.11. The van der Waals surface area contributed by atoms with Gasteiger partial charge in [0.15, 0.2) is 0 Å². The van der Waals surface area contributed by atoms with Crippen LogP contribution >= 0.6 is 0 Å². The molecular formula is C7H6O5S. The topological polar surface area (TPSA) is 80.7 Å². The zero-order valence-corrected chi connectivity index (χ0v) is 7.23. The van der Waals surface area contributed by atoms with Crippen molar-refractivity contribution < 1.29 is 22.5 Å². The Balaban J connectivity index is 2.95. The van der Waals surface area contributed by atoms with Gasteiger partial charge in [0.25, 0.3) is 0 Å². The molecule has 0 aliphatic rings. The smallest absolute Gasteiger partial charge is 0.357 e. The van der Waals surface area contributed by atoms with Gasteiger partial charge in [-0.2, -0.15) is 8.42 Å². The van der Waals surface area contributed by atoms with Gasteiger partial charge in [0.05, 0.1) is 0 Å². The summed E-state index contributed by atoms with van der Waals surface area (Å²) in [6.45, 7) is 0. The van der Waals surface area contributed by atoms with Crippen LogP contribution in [0.3, 0.4) is 0 Å². The quantitative estimate of drug-likeness (QED) is 0.663. The normalized spacial score (nSPS) is 9.92. The predicted molar refractivity (Wildman–Crippen MR) is 43.8 cm³/mol. The maximum atomic E-state index is 10.9. The number of phenolic OH excluding ortho intramolecular Hbond substituents is 1. The Morgan fingerprint density at radius 1 is 1.31 bits per heavy atom. The van der Waals surface area contributed by atoms with Gasteiger partial charge in [-0.1, -0.05) is 12.1 Å². The standard InChI is InChI=1S/C7H6O5S/c8-6-4-2-1-3-5(6)7(9)12-13(10)11/h1-4,8,13H. The van der Waals surface area contributed by atoms with Crippen LogP contribution in [0.2, 0.25) is 0 Å². The molecule has 0 radical (unpaired) electrons. The van der Waals surface area contributed by atoms with Crippen LogP contribution in [0.15, 0.2) is 24.3 Å². The van der Waals surface area contributed by atoms with Crippen LogP contribution in [0.1, 0.15) is 10.4 Å². The van der Waals surface area contributed by atoms with Crippen LogP contribution in [-0.4, -0.2) is 19.5 Å². The van der Waals surface area contributed by atoms with Gasteiger partial charge in [-0.3, -0.25) is 0 Å². The number of carbonyl (C=O) groups is 1. The molecule has 0 spiro atoms. The van der Waals surface area contributed by atoms with Gasteiger partial charge >= 0.3 is 17.0 Å². The monoisotopic (exact) mass is 202 g/mol. The molecule has 0 saturated carbocycles. The molecule has 0 aliphatic heterocycles. The van der Waals surface area contributed by atoms with Gasteiger partial charge in [-0.25, -0.2) is 4.79 Å². The summed E-state index contributed by atoms with van der Waals surface area (Å²) in [5.41, 5.74) is -0.179. The Bertz CT molecular complexity index is 388. The van der Waals surface area contributed by atoms with E-state index in [0.29, 0.717) is 0 Å². The van der Waals surface area contributed by atoms with E-state index in [4.69, 9.17) is 5.11 Å². The van der Waals surface area contributed by atoms with Crippen LogP contribution in [0.4, 0.5) is 0 Å². The number of phenols is 1. The third kappa shape index (κ3) is 2.45. The number of carbonyl (C=O) groups excluding carboxylic acids is 1. The van der Waals surface area contributed by atoms with Crippen molar-refractivity contribution in [1.82, 2.24) is 0 Å². The van der Waals surface area contributed by atoms with Gasteiger partial charge in [0, 0.05) is 0 Å². The molecule has 0 aliphatic carbocycles. The lowest BCUT2D eigenvalue weighted by atomic mass is 10.2. The second-order valence-corrected chi connectivity index (χ2v) is 2.75. The zero-order chi connectivity index (χ0) is 9.84. The predicted octanol–water partition coefficient (Wildman–Crippen LogP) is 0.0754. The molecule has 0 aromatic heterocycles. The molecule has 0 unspecified atom stereocenters. The fourth-order valence-electron chi connectivity index (χ4n) is 0.763. The molecule has 0 fully saturated rings. The van der Waals surface area contributed by atoms with Crippen molar-refractivity contribution in [3.05, 3.63) is 29.8 Å². The molecule has 0 saturated heterocycles. The first kappa shape index (κ1) is 9.53. The molecule has 1 N–H and O–H groups in total. The average Bonchev–Trinajstić information content (AvgIpc) is 2.03. The third-order valence-electron chi connectivity index (χ3n) is 1.28. The summed E-state index contributed by atoms with van der Waals surface area (Å²) in [4.78, 5) is 10.9. The first-order valence-corrected chi connectivity index (χ1v) is 4.35. The van der Waals surface area contributed by atoms with Gasteiger partial charge in [0.1, 0.15) is 11.3 Å². The number of para-hydroxylation sites is 1. The molecule has 6 heteroatoms. The van der Waals surface area contributed by atoms with Crippen LogP contribution in [0.25, 0.3) is 0 Å². The molecule has 0 bridgehead atoms. The summed E-state index contributed by atoms with van der Waals surface area (Å²) >= 11 is 0. The summed E-state index contributed by atoms with van der Waals surface area (Å²) in [5, 5.41) is 9.10. The van der Waals surface area contributed by atoms with Crippen LogP contribution in [0.5, 0.6) is 5.75 Å². The second-order valence-electron chi connectivity index (χ2n) is 2.12. The minimum atomic E-state index is -3.24. The molecule has 5 nitrogen and oxygen atoms in total. The third-order valence-corrected chi connectivity index (χ3v) is 1.60. The van der Waals surface area contributed by atoms with Gasteiger partial charge < -0.3 is 9.29 Å². The van der Waals surface area contributed by atoms with Crippen molar-refractivity contribution >= 4 is 17.0 Å². The Morgan fingerprint density at radius 3 is 2.46 bits per heavy atom. The lowest BCUT2D eigenvalue weighted by molar-refractivity contribution is 0.0751. The molecular weight excluding hydrogens is 196 g/mol. The van der Waals surface area contributed by atoms with Gasteiger partial charge in [-0.05, 0) is 12.1 Å². The molecule has 70 valence electrons. The van der Waals surface area contributed by atoms with E-state index in [-0.39, 0.29) is 11.3 Å². The lowest BCUT2D eigenvalue weighted by Gasteiger charge is -1.99. The summed E-state index contributed by atoms with van der Waals surface area (Å²) in [6.07, 6.45) is 0. The summed E-state index contributed by atoms with van der Waals surface area (Å²) < 4.78 is 23.9. The maximum absolute atomic E-state index is 10.9. The molecule has 0 atom stereocenters. The average molecular weight is 202 g/mol. The fourth-order valence-corrected chi connectivity index (χ4v) is 0.997. The molecule has 13 heavy (non-hydrogen) atoms. The summed E-state index contributed by atoms with van der Waals surface area (Å²) in [7, 11) is -3.24. The van der Waals surface area contributed by atoms with E-state index >= 15 is 0 Å². The molecule has 1 rings (SSSR count).